The minimum absolute atomic E-state index is 0.0314. The minimum atomic E-state index is -0.353. The first-order valence-corrected chi connectivity index (χ1v) is 15.4. The molecule has 2 N–H and O–H groups in total. The number of nitrogens with zero attached hydrogens (tertiary/aromatic N) is 1. The number of benzene rings is 3. The average molecular weight is 567 g/mol. The topological polar surface area (TPSA) is 82.8 Å². The monoisotopic (exact) mass is 566 g/mol. The van der Waals surface area contributed by atoms with Crippen molar-refractivity contribution in [3.8, 4) is 22.5 Å². The van der Waals surface area contributed by atoms with Crippen molar-refractivity contribution in [3.63, 3.8) is 0 Å². The van der Waals surface area contributed by atoms with Crippen molar-refractivity contribution >= 4 is 28.3 Å². The van der Waals surface area contributed by atoms with E-state index in [2.05, 4.69) is 30.1 Å². The first kappa shape index (κ1) is 29.6. The van der Waals surface area contributed by atoms with Gasteiger partial charge in [0.2, 0.25) is 0 Å². The zero-order chi connectivity index (χ0) is 29.8. The maximum atomic E-state index is 13.4. The summed E-state index contributed by atoms with van der Waals surface area (Å²) in [5.41, 5.74) is 6.71. The number of rotatable bonds is 10. The van der Waals surface area contributed by atoms with E-state index in [1.165, 1.54) is 0 Å². The number of aliphatic hydroxyl groups excluding tert-OH is 1. The highest BCUT2D eigenvalue weighted by Gasteiger charge is 2.25. The Hall–Kier alpha value is -3.90. The van der Waals surface area contributed by atoms with Crippen LogP contribution in [0.5, 0.6) is 0 Å². The van der Waals surface area contributed by atoms with Crippen LogP contribution >= 0.6 is 0 Å². The number of hydrogen-bond donors (Lipinski definition) is 2. The Kier molecular flexibility index (Phi) is 9.12. The molecule has 42 heavy (non-hydrogen) atoms. The summed E-state index contributed by atoms with van der Waals surface area (Å²) in [5.74, 6) is 0.578. The lowest BCUT2D eigenvalue weighted by atomic mass is 9.86. The number of aryl methyl sites for hydroxylation is 1. The van der Waals surface area contributed by atoms with Crippen molar-refractivity contribution < 1.29 is 19.1 Å². The number of aliphatic hydroxyl groups is 1. The fraction of sp³-hybridized carbons (Fsp3) is 0.389. The third kappa shape index (κ3) is 6.00. The molecule has 1 heterocycles. The lowest BCUT2D eigenvalue weighted by Crippen LogP contribution is -2.36. The summed E-state index contributed by atoms with van der Waals surface area (Å²) in [7, 11) is 0. The van der Waals surface area contributed by atoms with Gasteiger partial charge < -0.3 is 19.7 Å². The van der Waals surface area contributed by atoms with Gasteiger partial charge in [-0.05, 0) is 57.4 Å². The van der Waals surface area contributed by atoms with Gasteiger partial charge in [0.05, 0.1) is 11.7 Å². The van der Waals surface area contributed by atoms with E-state index >= 15 is 0 Å². The van der Waals surface area contributed by atoms with Crippen LogP contribution in [0, 0.1) is 12.8 Å². The number of fused-ring (bicyclic) bond motifs is 1. The molecule has 0 spiro atoms. The van der Waals surface area contributed by atoms with Crippen molar-refractivity contribution in [3.05, 3.63) is 77.4 Å². The lowest BCUT2D eigenvalue weighted by molar-refractivity contribution is 0.0662. The first-order chi connectivity index (χ1) is 20.3. The standard InChI is InChI=1S/C36H42N2O4/c1-5-31(39)34-29-20-28(25-12-10-13-26(19-25)36(41)37-22-27-11-8-9-14-32(27)40)30(38(6-2)7-3)21-33(29)42-35(34)24-17-15-23(4)16-18-24/h10,12-13,15-21,27,32,40H,5-9,11,14,22H2,1-4H3,(H,37,41)/t27-,32-/m1/s1. The zero-order valence-corrected chi connectivity index (χ0v) is 25.2. The van der Waals surface area contributed by atoms with Crippen LogP contribution in [0.3, 0.4) is 0 Å². The summed E-state index contributed by atoms with van der Waals surface area (Å²) in [6.45, 7) is 10.2. The van der Waals surface area contributed by atoms with Gasteiger partial charge in [-0.1, -0.05) is 61.7 Å². The number of anilines is 1. The first-order valence-electron chi connectivity index (χ1n) is 15.4. The maximum Gasteiger partial charge on any atom is 0.251 e. The maximum absolute atomic E-state index is 13.4. The Morgan fingerprint density at radius 1 is 0.952 bits per heavy atom. The van der Waals surface area contributed by atoms with Crippen LogP contribution in [0.2, 0.25) is 0 Å². The fourth-order valence-electron chi connectivity index (χ4n) is 6.13. The number of nitrogens with one attached hydrogen (secondary N) is 1. The molecule has 220 valence electrons. The van der Waals surface area contributed by atoms with Crippen LogP contribution in [-0.4, -0.2) is 42.5 Å². The smallest absolute Gasteiger partial charge is 0.251 e. The summed E-state index contributed by atoms with van der Waals surface area (Å²) >= 11 is 0. The van der Waals surface area contributed by atoms with E-state index in [1.54, 1.807) is 0 Å². The highest BCUT2D eigenvalue weighted by molar-refractivity contribution is 6.13. The van der Waals surface area contributed by atoms with E-state index in [0.29, 0.717) is 35.4 Å². The number of amides is 1. The highest BCUT2D eigenvalue weighted by Crippen LogP contribution is 2.41. The number of furan rings is 1. The third-order valence-corrected chi connectivity index (χ3v) is 8.65. The molecule has 0 radical (unpaired) electrons. The largest absolute Gasteiger partial charge is 0.455 e. The van der Waals surface area contributed by atoms with Gasteiger partial charge in [-0.2, -0.15) is 0 Å². The van der Waals surface area contributed by atoms with Gasteiger partial charge in [0.1, 0.15) is 11.3 Å². The second-order valence-electron chi connectivity index (χ2n) is 11.4. The van der Waals surface area contributed by atoms with Crippen molar-refractivity contribution in [2.24, 2.45) is 5.92 Å². The number of ketones is 1. The predicted molar refractivity (Wildman–Crippen MR) is 170 cm³/mol. The molecular formula is C36H42N2O4. The molecule has 4 aromatic rings. The minimum Gasteiger partial charge on any atom is -0.455 e. The predicted octanol–water partition coefficient (Wildman–Crippen LogP) is 7.80. The van der Waals surface area contributed by atoms with Crippen molar-refractivity contribution in [1.82, 2.24) is 5.32 Å². The molecular weight excluding hydrogens is 524 g/mol. The van der Waals surface area contributed by atoms with Crippen LogP contribution in [-0.2, 0) is 0 Å². The van der Waals surface area contributed by atoms with Gasteiger partial charge in [0, 0.05) is 65.8 Å². The molecule has 0 unspecified atom stereocenters. The normalized spacial score (nSPS) is 16.9. The van der Waals surface area contributed by atoms with Gasteiger partial charge in [-0.25, -0.2) is 0 Å². The average Bonchev–Trinajstić information content (AvgIpc) is 3.39. The zero-order valence-electron chi connectivity index (χ0n) is 25.2. The van der Waals surface area contributed by atoms with E-state index < -0.39 is 0 Å². The molecule has 3 aromatic carbocycles. The summed E-state index contributed by atoms with van der Waals surface area (Å²) in [6.07, 6.45) is 3.88. The van der Waals surface area contributed by atoms with Crippen LogP contribution in [0.4, 0.5) is 5.69 Å². The lowest BCUT2D eigenvalue weighted by Gasteiger charge is -2.27. The number of Topliss-reactive ketones (excluding diaryl/α,β-unsaturated/α-hetero) is 1. The van der Waals surface area contributed by atoms with Gasteiger partial charge >= 0.3 is 0 Å². The van der Waals surface area contributed by atoms with Crippen LogP contribution in [0.15, 0.2) is 65.1 Å². The summed E-state index contributed by atoms with van der Waals surface area (Å²) < 4.78 is 6.45. The van der Waals surface area contributed by atoms with Crippen LogP contribution in [0.1, 0.15) is 79.2 Å². The van der Waals surface area contributed by atoms with Gasteiger partial charge in [-0.15, -0.1) is 0 Å². The Balaban J connectivity index is 1.59. The summed E-state index contributed by atoms with van der Waals surface area (Å²) in [5, 5.41) is 14.2. The van der Waals surface area contributed by atoms with Crippen LogP contribution in [0.25, 0.3) is 33.4 Å². The Morgan fingerprint density at radius 3 is 2.38 bits per heavy atom. The number of carbonyl (C=O) groups excluding carboxylic acids is 2. The number of hydrogen-bond acceptors (Lipinski definition) is 5. The molecule has 2 atom stereocenters. The fourth-order valence-corrected chi connectivity index (χ4v) is 6.13. The Bertz CT molecular complexity index is 1570. The van der Waals surface area contributed by atoms with Crippen molar-refractivity contribution in [1.29, 1.82) is 0 Å². The Labute approximate surface area is 248 Å². The van der Waals surface area contributed by atoms with Crippen molar-refractivity contribution in [2.75, 3.05) is 24.5 Å². The summed E-state index contributed by atoms with van der Waals surface area (Å²) in [4.78, 5) is 28.8. The van der Waals surface area contributed by atoms with E-state index in [-0.39, 0.29) is 23.7 Å². The number of carbonyl (C=O) groups is 2. The molecule has 1 fully saturated rings. The molecule has 1 aromatic heterocycles. The van der Waals surface area contributed by atoms with Crippen LogP contribution < -0.4 is 10.2 Å². The third-order valence-electron chi connectivity index (χ3n) is 8.65. The summed E-state index contributed by atoms with van der Waals surface area (Å²) in [6, 6.07) is 19.8. The van der Waals surface area contributed by atoms with Gasteiger partial charge in [-0.3, -0.25) is 9.59 Å². The second kappa shape index (κ2) is 13.0. The van der Waals surface area contributed by atoms with E-state index in [9.17, 15) is 14.7 Å². The van der Waals surface area contributed by atoms with Crippen molar-refractivity contribution in [2.45, 2.75) is 65.9 Å². The molecule has 1 aliphatic rings. The molecule has 0 saturated heterocycles. The molecule has 1 amide bonds. The van der Waals surface area contributed by atoms with Gasteiger partial charge in [0.15, 0.2) is 5.78 Å². The SMILES string of the molecule is CCC(=O)c1c(-c2ccc(C)cc2)oc2cc(N(CC)CC)c(-c3cccc(C(=O)NC[C@H]4CCCC[C@H]4O)c3)cc12. The molecule has 1 saturated carbocycles. The second-order valence-corrected chi connectivity index (χ2v) is 11.4. The van der Waals surface area contributed by atoms with Gasteiger partial charge in [0.25, 0.3) is 5.91 Å². The molecule has 6 nitrogen and oxygen atoms in total. The molecule has 1 aliphatic carbocycles. The molecule has 0 aliphatic heterocycles. The Morgan fingerprint density at radius 2 is 1.69 bits per heavy atom. The van der Waals surface area contributed by atoms with E-state index in [4.69, 9.17) is 4.42 Å². The quantitative estimate of drug-likeness (QED) is 0.191. The highest BCUT2D eigenvalue weighted by atomic mass is 16.3. The van der Waals surface area contributed by atoms with E-state index in [0.717, 1.165) is 72.1 Å². The molecule has 5 rings (SSSR count). The molecule has 6 heteroatoms. The van der Waals surface area contributed by atoms with E-state index in [1.807, 2.05) is 68.4 Å². The molecule has 0 bridgehead atoms.